The molecule has 21 heavy (non-hydrogen) atoms. The van der Waals surface area contributed by atoms with Crippen molar-refractivity contribution in [3.63, 3.8) is 0 Å². The number of carbonyl (C=O) groups is 1. The number of thiophene rings is 1. The molecule has 0 radical (unpaired) electrons. The first-order chi connectivity index (χ1) is 9.90. The molecule has 1 aliphatic rings. The molecule has 3 rings (SSSR count). The second-order valence-corrected chi connectivity index (χ2v) is 6.98. The van der Waals surface area contributed by atoms with Crippen LogP contribution in [-0.4, -0.2) is 17.9 Å². The van der Waals surface area contributed by atoms with Gasteiger partial charge in [0.1, 0.15) is 6.10 Å². The smallest absolute Gasteiger partial charge is 0.367 e. The molecule has 0 bridgehead atoms. The molecule has 1 aliphatic heterocycles. The standard InChI is InChI=1S/C13H10F3NO2S2/c1-6-8(4-7(5-18)20-6)11-10-9(2-3-19-11)21-12(17-10)13(14,15)16/h4-5,11H,2-3H2,1H3. The second kappa shape index (κ2) is 5.19. The molecule has 8 heteroatoms. The van der Waals surface area contributed by atoms with E-state index in [1.54, 1.807) is 6.07 Å². The van der Waals surface area contributed by atoms with Crippen LogP contribution in [-0.2, 0) is 17.3 Å². The fourth-order valence-corrected chi connectivity index (χ4v) is 4.10. The minimum atomic E-state index is -4.44. The molecule has 3 nitrogen and oxygen atoms in total. The first kappa shape index (κ1) is 14.7. The van der Waals surface area contributed by atoms with Gasteiger partial charge in [0.15, 0.2) is 11.3 Å². The molecule has 112 valence electrons. The van der Waals surface area contributed by atoms with Crippen molar-refractivity contribution in [1.82, 2.24) is 4.98 Å². The maximum absolute atomic E-state index is 12.8. The minimum absolute atomic E-state index is 0.330. The van der Waals surface area contributed by atoms with Gasteiger partial charge in [0.2, 0.25) is 0 Å². The highest BCUT2D eigenvalue weighted by atomic mass is 32.1. The summed E-state index contributed by atoms with van der Waals surface area (Å²) in [5, 5.41) is -0.841. The summed E-state index contributed by atoms with van der Waals surface area (Å²) in [7, 11) is 0. The van der Waals surface area contributed by atoms with Crippen molar-refractivity contribution in [2.45, 2.75) is 25.6 Å². The Hall–Kier alpha value is -1.25. The summed E-state index contributed by atoms with van der Waals surface area (Å²) in [5.74, 6) is 0. The highest BCUT2D eigenvalue weighted by molar-refractivity contribution is 7.13. The molecule has 3 heterocycles. The number of aromatic nitrogens is 1. The van der Waals surface area contributed by atoms with E-state index in [2.05, 4.69) is 4.98 Å². The van der Waals surface area contributed by atoms with Crippen LogP contribution in [0.2, 0.25) is 0 Å². The van der Waals surface area contributed by atoms with E-state index in [1.807, 2.05) is 6.92 Å². The lowest BCUT2D eigenvalue weighted by atomic mass is 10.0. The van der Waals surface area contributed by atoms with Gasteiger partial charge >= 0.3 is 6.18 Å². The number of fused-ring (bicyclic) bond motifs is 1. The molecule has 0 saturated carbocycles. The third-order valence-electron chi connectivity index (χ3n) is 3.21. The van der Waals surface area contributed by atoms with Crippen molar-refractivity contribution in [3.05, 3.63) is 37.0 Å². The predicted molar refractivity (Wildman–Crippen MR) is 73.1 cm³/mol. The number of nitrogens with zero attached hydrogens (tertiary/aromatic N) is 1. The van der Waals surface area contributed by atoms with Gasteiger partial charge in [0, 0.05) is 21.7 Å². The molecule has 0 aromatic carbocycles. The summed E-state index contributed by atoms with van der Waals surface area (Å²) in [5.41, 5.74) is 1.05. The van der Waals surface area contributed by atoms with E-state index in [0.29, 0.717) is 39.8 Å². The van der Waals surface area contributed by atoms with Crippen LogP contribution in [0.15, 0.2) is 6.07 Å². The number of hydrogen-bond acceptors (Lipinski definition) is 5. The van der Waals surface area contributed by atoms with Crippen molar-refractivity contribution in [3.8, 4) is 0 Å². The number of carbonyl (C=O) groups excluding carboxylic acids is 1. The average molecular weight is 333 g/mol. The molecule has 0 fully saturated rings. The Kier molecular flexibility index (Phi) is 3.62. The molecule has 0 amide bonds. The van der Waals surface area contributed by atoms with Gasteiger partial charge in [-0.3, -0.25) is 4.79 Å². The Morgan fingerprint density at radius 2 is 2.19 bits per heavy atom. The maximum Gasteiger partial charge on any atom is 0.443 e. The van der Waals surface area contributed by atoms with Gasteiger partial charge in [-0.1, -0.05) is 0 Å². The van der Waals surface area contributed by atoms with E-state index in [1.165, 1.54) is 11.3 Å². The Morgan fingerprint density at radius 3 is 2.81 bits per heavy atom. The number of rotatable bonds is 2. The normalized spacial score (nSPS) is 18.6. The van der Waals surface area contributed by atoms with E-state index in [4.69, 9.17) is 4.74 Å². The lowest BCUT2D eigenvalue weighted by Crippen LogP contribution is -2.17. The van der Waals surface area contributed by atoms with Crippen LogP contribution >= 0.6 is 22.7 Å². The molecule has 2 aromatic heterocycles. The SMILES string of the molecule is Cc1sc(C=O)cc1C1OCCc2sc(C(F)(F)F)nc21. The summed E-state index contributed by atoms with van der Waals surface area (Å²) in [6.45, 7) is 2.17. The fraction of sp³-hybridized carbons (Fsp3) is 0.385. The average Bonchev–Trinajstić information content (AvgIpc) is 3.01. The number of halogens is 3. The lowest BCUT2D eigenvalue weighted by molar-refractivity contribution is -0.137. The zero-order valence-corrected chi connectivity index (χ0v) is 12.5. The summed E-state index contributed by atoms with van der Waals surface area (Å²) in [6.07, 6.45) is -3.90. The van der Waals surface area contributed by atoms with E-state index in [-0.39, 0.29) is 0 Å². The monoisotopic (exact) mass is 333 g/mol. The zero-order chi connectivity index (χ0) is 15.2. The topological polar surface area (TPSA) is 39.2 Å². The van der Waals surface area contributed by atoms with Crippen molar-refractivity contribution < 1.29 is 22.7 Å². The quantitative estimate of drug-likeness (QED) is 0.780. The Balaban J connectivity index is 2.05. The van der Waals surface area contributed by atoms with Crippen molar-refractivity contribution in [2.75, 3.05) is 6.61 Å². The van der Waals surface area contributed by atoms with Crippen LogP contribution in [0.5, 0.6) is 0 Å². The summed E-state index contributed by atoms with van der Waals surface area (Å²) >= 11 is 1.98. The fourth-order valence-electron chi connectivity index (χ4n) is 2.29. The van der Waals surface area contributed by atoms with Crippen LogP contribution in [0.1, 0.15) is 41.8 Å². The van der Waals surface area contributed by atoms with E-state index >= 15 is 0 Å². The molecular weight excluding hydrogens is 323 g/mol. The van der Waals surface area contributed by atoms with Crippen LogP contribution < -0.4 is 0 Å². The summed E-state index contributed by atoms with van der Waals surface area (Å²) < 4.78 is 44.0. The third kappa shape index (κ3) is 2.63. The van der Waals surface area contributed by atoms with Crippen LogP contribution in [0.4, 0.5) is 13.2 Å². The van der Waals surface area contributed by atoms with E-state index in [9.17, 15) is 18.0 Å². The molecule has 0 saturated heterocycles. The highest BCUT2D eigenvalue weighted by Crippen LogP contribution is 2.42. The van der Waals surface area contributed by atoms with Crippen LogP contribution in [0.3, 0.4) is 0 Å². The zero-order valence-electron chi connectivity index (χ0n) is 10.9. The lowest BCUT2D eigenvalue weighted by Gasteiger charge is -2.22. The molecule has 2 aromatic rings. The van der Waals surface area contributed by atoms with Crippen molar-refractivity contribution >= 4 is 29.0 Å². The molecule has 0 N–H and O–H groups in total. The van der Waals surface area contributed by atoms with Gasteiger partial charge < -0.3 is 4.74 Å². The Morgan fingerprint density at radius 1 is 1.43 bits per heavy atom. The van der Waals surface area contributed by atoms with Gasteiger partial charge in [0.25, 0.3) is 0 Å². The van der Waals surface area contributed by atoms with Crippen LogP contribution in [0.25, 0.3) is 0 Å². The van der Waals surface area contributed by atoms with Crippen LogP contribution in [0, 0.1) is 6.92 Å². The summed E-state index contributed by atoms with van der Waals surface area (Å²) in [6, 6.07) is 1.67. The third-order valence-corrected chi connectivity index (χ3v) is 5.37. The molecular formula is C13H10F3NO2S2. The number of hydrogen-bond donors (Lipinski definition) is 0. The van der Waals surface area contributed by atoms with Gasteiger partial charge in [-0.15, -0.1) is 22.7 Å². The van der Waals surface area contributed by atoms with E-state index in [0.717, 1.165) is 16.7 Å². The number of alkyl halides is 3. The number of thiazole rings is 1. The van der Waals surface area contributed by atoms with Gasteiger partial charge in [0.05, 0.1) is 17.2 Å². The van der Waals surface area contributed by atoms with E-state index < -0.39 is 17.3 Å². The van der Waals surface area contributed by atoms with Gasteiger partial charge in [-0.25, -0.2) is 4.98 Å². The second-order valence-electron chi connectivity index (χ2n) is 4.60. The van der Waals surface area contributed by atoms with Gasteiger partial charge in [-0.2, -0.15) is 13.2 Å². The molecule has 0 aliphatic carbocycles. The van der Waals surface area contributed by atoms with Crippen molar-refractivity contribution in [1.29, 1.82) is 0 Å². The van der Waals surface area contributed by atoms with Gasteiger partial charge in [-0.05, 0) is 13.0 Å². The molecule has 1 atom stereocenters. The first-order valence-electron chi connectivity index (χ1n) is 6.14. The highest BCUT2D eigenvalue weighted by Gasteiger charge is 2.38. The maximum atomic E-state index is 12.8. The number of ether oxygens (including phenoxy) is 1. The Labute approximate surface area is 126 Å². The number of aldehydes is 1. The minimum Gasteiger partial charge on any atom is -0.367 e. The molecule has 1 unspecified atom stereocenters. The predicted octanol–water partition coefficient (Wildman–Crippen LogP) is 4.01. The largest absolute Gasteiger partial charge is 0.443 e. The first-order valence-corrected chi connectivity index (χ1v) is 7.77. The summed E-state index contributed by atoms with van der Waals surface area (Å²) in [4.78, 5) is 16.6. The number of aryl methyl sites for hydroxylation is 1. The van der Waals surface area contributed by atoms with Crippen molar-refractivity contribution in [2.24, 2.45) is 0 Å². The Bertz CT molecular complexity index is 690. The molecule has 0 spiro atoms.